The van der Waals surface area contributed by atoms with E-state index in [0.717, 1.165) is 10.6 Å². The van der Waals surface area contributed by atoms with E-state index in [1.165, 1.54) is 31.3 Å². The van der Waals surface area contributed by atoms with Crippen LogP contribution >= 0.6 is 0 Å². The smallest absolute Gasteiger partial charge is 0.241 e. The van der Waals surface area contributed by atoms with E-state index in [4.69, 9.17) is 0 Å². The molecule has 0 heterocycles. The van der Waals surface area contributed by atoms with Gasteiger partial charge < -0.3 is 0 Å². The second-order valence-electron chi connectivity index (χ2n) is 5.58. The van der Waals surface area contributed by atoms with Gasteiger partial charge in [-0.25, -0.2) is 21.6 Å². The molecule has 0 unspecified atom stereocenters. The second-order valence-corrected chi connectivity index (χ2v) is 9.28. The zero-order valence-corrected chi connectivity index (χ0v) is 13.8. The van der Waals surface area contributed by atoms with Crippen LogP contribution in [0.4, 0.5) is 5.69 Å². The van der Waals surface area contributed by atoms with Gasteiger partial charge in [0.05, 0.1) is 16.8 Å². The number of rotatable bonds is 4. The van der Waals surface area contributed by atoms with E-state index in [1.807, 2.05) is 0 Å². The first-order valence-corrected chi connectivity index (χ1v) is 9.24. The van der Waals surface area contributed by atoms with Crippen molar-refractivity contribution < 1.29 is 16.8 Å². The number of benzene rings is 1. The maximum absolute atomic E-state index is 12.2. The third-order valence-corrected chi connectivity index (χ3v) is 5.39. The maximum atomic E-state index is 12.2. The monoisotopic (exact) mass is 320 g/mol. The number of nitrogens with zero attached hydrogens (tertiary/aromatic N) is 1. The molecule has 0 saturated carbocycles. The minimum Gasteiger partial charge on any atom is -0.273 e. The predicted molar refractivity (Wildman–Crippen MR) is 79.8 cm³/mol. The van der Waals surface area contributed by atoms with Crippen molar-refractivity contribution in [3.63, 3.8) is 0 Å². The number of anilines is 1. The Balaban J connectivity index is 3.24. The fraction of sp³-hybridized carbons (Fsp3) is 0.500. The van der Waals surface area contributed by atoms with Crippen LogP contribution in [0.1, 0.15) is 20.8 Å². The summed E-state index contributed by atoms with van der Waals surface area (Å²) < 4.78 is 50.9. The molecule has 1 aromatic rings. The van der Waals surface area contributed by atoms with Crippen LogP contribution in [0.2, 0.25) is 0 Å². The van der Waals surface area contributed by atoms with Crippen LogP contribution < -0.4 is 9.03 Å². The van der Waals surface area contributed by atoms with Gasteiger partial charge in [-0.1, -0.05) is 6.07 Å². The van der Waals surface area contributed by atoms with E-state index in [-0.39, 0.29) is 4.90 Å². The topological polar surface area (TPSA) is 83.6 Å². The van der Waals surface area contributed by atoms with Gasteiger partial charge in [0.25, 0.3) is 0 Å². The van der Waals surface area contributed by atoms with Crippen LogP contribution in [-0.4, -0.2) is 35.7 Å². The zero-order valence-electron chi connectivity index (χ0n) is 12.2. The quantitative estimate of drug-likeness (QED) is 0.902. The number of hydrogen-bond acceptors (Lipinski definition) is 4. The molecule has 0 aromatic heterocycles. The Kier molecular flexibility index (Phi) is 4.52. The first-order valence-electron chi connectivity index (χ1n) is 5.91. The molecule has 0 atom stereocenters. The molecule has 8 heteroatoms. The molecule has 6 nitrogen and oxygen atoms in total. The first-order chi connectivity index (χ1) is 8.83. The fourth-order valence-corrected chi connectivity index (χ4v) is 3.45. The third kappa shape index (κ3) is 4.46. The van der Waals surface area contributed by atoms with E-state index in [2.05, 4.69) is 4.72 Å². The Morgan fingerprint density at radius 1 is 1.10 bits per heavy atom. The highest BCUT2D eigenvalue weighted by atomic mass is 32.2. The van der Waals surface area contributed by atoms with Gasteiger partial charge in [0.2, 0.25) is 20.0 Å². The zero-order chi connectivity index (χ0) is 15.8. The van der Waals surface area contributed by atoms with Crippen molar-refractivity contribution in [2.75, 3.05) is 17.6 Å². The van der Waals surface area contributed by atoms with E-state index in [9.17, 15) is 16.8 Å². The molecular formula is C12H20N2O4S2. The van der Waals surface area contributed by atoms with Crippen molar-refractivity contribution in [3.8, 4) is 0 Å². The van der Waals surface area contributed by atoms with Crippen LogP contribution in [0, 0.1) is 0 Å². The highest BCUT2D eigenvalue weighted by molar-refractivity contribution is 7.92. The minimum absolute atomic E-state index is 0.0282. The lowest BCUT2D eigenvalue weighted by Gasteiger charge is -2.21. The van der Waals surface area contributed by atoms with Gasteiger partial charge in [-0.05, 0) is 39.0 Å². The van der Waals surface area contributed by atoms with Gasteiger partial charge in [0, 0.05) is 12.6 Å². The van der Waals surface area contributed by atoms with Crippen molar-refractivity contribution in [2.24, 2.45) is 0 Å². The summed E-state index contributed by atoms with van der Waals surface area (Å²) in [6.45, 7) is 5.20. The molecule has 1 rings (SSSR count). The third-order valence-electron chi connectivity index (χ3n) is 2.43. The molecule has 0 saturated heterocycles. The summed E-state index contributed by atoms with van der Waals surface area (Å²) in [5.74, 6) is 0. The van der Waals surface area contributed by atoms with Gasteiger partial charge in [-0.3, -0.25) is 4.31 Å². The highest BCUT2D eigenvalue weighted by Gasteiger charge is 2.23. The van der Waals surface area contributed by atoms with Gasteiger partial charge in [0.1, 0.15) is 0 Å². The molecule has 0 radical (unpaired) electrons. The van der Waals surface area contributed by atoms with Crippen molar-refractivity contribution >= 4 is 25.7 Å². The summed E-state index contributed by atoms with van der Waals surface area (Å²) >= 11 is 0. The Hall–Kier alpha value is -1.12. The molecule has 20 heavy (non-hydrogen) atoms. The number of hydrogen-bond donors (Lipinski definition) is 1. The average molecular weight is 320 g/mol. The standard InChI is InChI=1S/C12H20N2O4S2/c1-12(2,3)13-20(17,18)11-8-6-7-10(9-11)14(4)19(5,15)16/h6-9,13H,1-5H3. The molecule has 1 N–H and O–H groups in total. The van der Waals surface area contributed by atoms with Gasteiger partial charge in [-0.2, -0.15) is 0 Å². The molecule has 0 aliphatic rings. The van der Waals surface area contributed by atoms with Crippen LogP contribution in [0.5, 0.6) is 0 Å². The lowest BCUT2D eigenvalue weighted by molar-refractivity contribution is 0.491. The van der Waals surface area contributed by atoms with Crippen LogP contribution in [0.3, 0.4) is 0 Å². The SMILES string of the molecule is CN(c1cccc(S(=O)(=O)NC(C)(C)C)c1)S(C)(=O)=O. The van der Waals surface area contributed by atoms with Crippen molar-refractivity contribution in [1.82, 2.24) is 4.72 Å². The van der Waals surface area contributed by atoms with Crippen LogP contribution in [0.15, 0.2) is 29.2 Å². The summed E-state index contributed by atoms with van der Waals surface area (Å²) in [5.41, 5.74) is -0.318. The Morgan fingerprint density at radius 2 is 1.65 bits per heavy atom. The lowest BCUT2D eigenvalue weighted by Crippen LogP contribution is -2.40. The van der Waals surface area contributed by atoms with Gasteiger partial charge in [-0.15, -0.1) is 0 Å². The molecular weight excluding hydrogens is 300 g/mol. The highest BCUT2D eigenvalue weighted by Crippen LogP contribution is 2.21. The summed E-state index contributed by atoms with van der Waals surface area (Å²) in [4.78, 5) is 0.0282. The Bertz CT molecular complexity index is 688. The molecule has 0 fully saturated rings. The van der Waals surface area contributed by atoms with E-state index < -0.39 is 25.6 Å². The fourth-order valence-electron chi connectivity index (χ4n) is 1.50. The normalized spacial score (nSPS) is 13.2. The van der Waals surface area contributed by atoms with E-state index in [0.29, 0.717) is 5.69 Å². The molecule has 0 spiro atoms. The molecule has 114 valence electrons. The van der Waals surface area contributed by atoms with Gasteiger partial charge >= 0.3 is 0 Å². The molecule has 0 bridgehead atoms. The summed E-state index contributed by atoms with van der Waals surface area (Å²) in [7, 11) is -5.75. The Morgan fingerprint density at radius 3 is 2.10 bits per heavy atom. The van der Waals surface area contributed by atoms with Gasteiger partial charge in [0.15, 0.2) is 0 Å². The molecule has 0 amide bonds. The second kappa shape index (κ2) is 5.34. The van der Waals surface area contributed by atoms with E-state index in [1.54, 1.807) is 20.8 Å². The largest absolute Gasteiger partial charge is 0.273 e. The van der Waals surface area contributed by atoms with Crippen molar-refractivity contribution in [1.29, 1.82) is 0 Å². The lowest BCUT2D eigenvalue weighted by atomic mass is 10.1. The number of sulfonamides is 2. The number of nitrogens with one attached hydrogen (secondary N) is 1. The van der Waals surface area contributed by atoms with Crippen LogP contribution in [0.25, 0.3) is 0 Å². The summed E-state index contributed by atoms with van der Waals surface area (Å²) in [5, 5.41) is 0. The van der Waals surface area contributed by atoms with E-state index >= 15 is 0 Å². The van der Waals surface area contributed by atoms with Crippen LogP contribution in [-0.2, 0) is 20.0 Å². The Labute approximate surface area is 120 Å². The molecule has 1 aromatic carbocycles. The summed E-state index contributed by atoms with van der Waals surface area (Å²) in [6.07, 6.45) is 1.06. The maximum Gasteiger partial charge on any atom is 0.241 e. The average Bonchev–Trinajstić information content (AvgIpc) is 2.24. The first kappa shape index (κ1) is 16.9. The van der Waals surface area contributed by atoms with Crippen molar-refractivity contribution in [2.45, 2.75) is 31.2 Å². The van der Waals surface area contributed by atoms with Crippen molar-refractivity contribution in [3.05, 3.63) is 24.3 Å². The molecule has 0 aliphatic heterocycles. The summed E-state index contributed by atoms with van der Waals surface area (Å²) in [6, 6.07) is 5.80. The molecule has 0 aliphatic carbocycles. The minimum atomic E-state index is -3.69. The predicted octanol–water partition coefficient (Wildman–Crippen LogP) is 1.16.